The Hall–Kier alpha value is -4.68. The van der Waals surface area contributed by atoms with E-state index in [1.807, 2.05) is 0 Å². The highest BCUT2D eigenvalue weighted by atomic mass is 35.5. The summed E-state index contributed by atoms with van der Waals surface area (Å²) in [5.74, 6) is 0.916. The van der Waals surface area contributed by atoms with Gasteiger partial charge in [0.1, 0.15) is 29.6 Å². The van der Waals surface area contributed by atoms with Gasteiger partial charge < -0.3 is 0 Å². The van der Waals surface area contributed by atoms with E-state index in [0.29, 0.717) is 49.2 Å². The summed E-state index contributed by atoms with van der Waals surface area (Å²) in [5, 5.41) is 8.98. The van der Waals surface area contributed by atoms with Crippen LogP contribution in [-0.2, 0) is 52.2 Å². The molecule has 2 aromatic carbocycles. The minimum absolute atomic E-state index is 0.0182. The minimum Gasteiger partial charge on any atom is -0.298 e. The Balaban J connectivity index is 1.27. The van der Waals surface area contributed by atoms with E-state index in [1.54, 1.807) is 36.0 Å². The molecule has 58 heavy (non-hydrogen) atoms. The number of nitrogens with zero attached hydrogens (tertiary/aromatic N) is 5. The summed E-state index contributed by atoms with van der Waals surface area (Å²) in [6, 6.07) is 9.68. The molecule has 0 amide bonds. The number of fused-ring (bicyclic) bond motifs is 4. The maximum Gasteiger partial charge on any atom is 0.435 e. The monoisotopic (exact) mass is 843 g/mol. The lowest BCUT2D eigenvalue weighted by Gasteiger charge is -2.21. The number of Topliss-reactive ketones (excluding diaryl/α,β-unsaturated/α-hetero) is 1. The molecule has 0 radical (unpaired) electrons. The van der Waals surface area contributed by atoms with Gasteiger partial charge in [-0.05, 0) is 88.8 Å². The molecule has 0 saturated heterocycles. The van der Waals surface area contributed by atoms with E-state index in [9.17, 15) is 31.0 Å². The number of rotatable bonds is 10. The van der Waals surface area contributed by atoms with Crippen LogP contribution in [0.5, 0.6) is 0 Å². The van der Waals surface area contributed by atoms with Crippen molar-refractivity contribution in [1.82, 2.24) is 24.5 Å². The number of alkyl halides is 5. The average Bonchev–Trinajstić information content (AvgIpc) is 3.35. The highest BCUT2D eigenvalue weighted by Crippen LogP contribution is 2.68. The molecule has 304 valence electrons. The van der Waals surface area contributed by atoms with Gasteiger partial charge in [-0.1, -0.05) is 36.4 Å². The molecule has 0 aliphatic heterocycles. The van der Waals surface area contributed by atoms with Crippen molar-refractivity contribution in [3.8, 4) is 23.0 Å². The molecule has 3 aromatic heterocycles. The normalized spacial score (nSPS) is 20.0. The smallest absolute Gasteiger partial charge is 0.298 e. The van der Waals surface area contributed by atoms with Crippen LogP contribution in [0.3, 0.4) is 0 Å². The molecule has 5 aromatic rings. The summed E-state index contributed by atoms with van der Waals surface area (Å²) in [4.78, 5) is 19.1. The van der Waals surface area contributed by atoms with E-state index < -0.39 is 86.7 Å². The summed E-state index contributed by atoms with van der Waals surface area (Å²) in [7, 11) is -0.892. The van der Waals surface area contributed by atoms with Crippen molar-refractivity contribution in [2.24, 2.45) is 18.9 Å². The zero-order chi connectivity index (χ0) is 41.5. The molecule has 2 fully saturated rings. The lowest BCUT2D eigenvalue weighted by Crippen LogP contribution is -2.24. The lowest BCUT2D eigenvalue weighted by molar-refractivity contribution is -0.142. The fraction of sp³-hybridized carbons (Fsp3) is 0.405. The van der Waals surface area contributed by atoms with Crippen LogP contribution in [0.15, 0.2) is 42.5 Å². The van der Waals surface area contributed by atoms with Gasteiger partial charge in [-0.25, -0.2) is 13.8 Å². The van der Waals surface area contributed by atoms with Crippen molar-refractivity contribution in [1.29, 1.82) is 0 Å². The second-order valence-electron chi connectivity index (χ2n) is 15.9. The molecule has 3 heterocycles. The predicted octanol–water partition coefficient (Wildman–Crippen LogP) is 9.36. The third kappa shape index (κ3) is 7.65. The number of hydrogen-bond donors (Lipinski definition) is 0. The average molecular weight is 844 g/mol. The Bertz CT molecular complexity index is 2650. The molecule has 7 nitrogen and oxygen atoms in total. The molecule has 4 atom stereocenters. The fourth-order valence-electron chi connectivity index (χ4n) is 8.77. The SMILES string of the molecule is C=S(C)(=O)Cc1nn(C)c2c(-c3ccc(C#CC4CCCC4)nc3[C@@H](CC(=O)Cn3nc(C(F)(F)F)c4c3C(F)(F)[C@@H]3C[C@H]43)Cc3cc(F)cc(F)c3)ccc(Cl)c12. The van der Waals surface area contributed by atoms with Gasteiger partial charge >= 0.3 is 6.18 Å². The van der Waals surface area contributed by atoms with Gasteiger partial charge in [0.05, 0.1) is 27.7 Å². The Labute approximate surface area is 335 Å². The number of carbonyl (C=O) groups is 1. The number of aromatic nitrogens is 5. The third-order valence-corrected chi connectivity index (χ3v) is 12.4. The zero-order valence-electron chi connectivity index (χ0n) is 31.4. The van der Waals surface area contributed by atoms with Crippen molar-refractivity contribution >= 4 is 43.7 Å². The molecule has 16 heteroatoms. The fourth-order valence-corrected chi connectivity index (χ4v) is 9.82. The summed E-state index contributed by atoms with van der Waals surface area (Å²) in [6.07, 6.45) is -0.352. The largest absolute Gasteiger partial charge is 0.435 e. The standard InChI is InChI=1S/C42H37ClF7N5O2S/c1-54-38-30(12-13-33(43)36(38)34(52-54)21-58(2,3)57)29-11-10-27(9-8-22-6-4-5-7-22)51-37(29)24(14-23-15-25(44)18-26(45)16-23)17-28(56)20-55-40-35(39(53-55)42(48,49)50)31-19-32(31)41(40,46)47/h10-13,15-16,18,22,24,31-32H,2,4-7,14,17,19-21H2,1,3H3/t24-,31+,32-,58?/m1/s1. The second kappa shape index (κ2) is 14.5. The van der Waals surface area contributed by atoms with Gasteiger partial charge in [-0.15, -0.1) is 0 Å². The van der Waals surface area contributed by atoms with Gasteiger partial charge in [0, 0.05) is 65.6 Å². The van der Waals surface area contributed by atoms with E-state index in [2.05, 4.69) is 27.9 Å². The van der Waals surface area contributed by atoms with Crippen LogP contribution in [-0.4, -0.2) is 46.7 Å². The Morgan fingerprint density at radius 1 is 1.07 bits per heavy atom. The summed E-state index contributed by atoms with van der Waals surface area (Å²) in [5.41, 5.74) is -0.220. The van der Waals surface area contributed by atoms with Crippen molar-refractivity contribution in [2.45, 2.75) is 81.2 Å². The highest BCUT2D eigenvalue weighted by Gasteiger charge is 2.68. The van der Waals surface area contributed by atoms with Crippen LogP contribution >= 0.6 is 11.6 Å². The van der Waals surface area contributed by atoms with E-state index in [4.69, 9.17) is 16.6 Å². The highest BCUT2D eigenvalue weighted by molar-refractivity contribution is 7.98. The summed E-state index contributed by atoms with van der Waals surface area (Å²) >= 11 is 6.73. The third-order valence-electron chi connectivity index (χ3n) is 11.2. The number of halogens is 8. The molecule has 0 N–H and O–H groups in total. The lowest BCUT2D eigenvalue weighted by atomic mass is 9.86. The van der Waals surface area contributed by atoms with Gasteiger partial charge in [0.15, 0.2) is 11.5 Å². The first-order chi connectivity index (χ1) is 27.3. The molecule has 3 aliphatic carbocycles. The van der Waals surface area contributed by atoms with Crippen LogP contribution in [0.1, 0.15) is 90.0 Å². The van der Waals surface area contributed by atoms with Gasteiger partial charge in [0.25, 0.3) is 5.92 Å². The van der Waals surface area contributed by atoms with Crippen molar-refractivity contribution in [3.05, 3.63) is 98.7 Å². The molecular formula is C42H37ClF7N5O2S. The number of aryl methyl sites for hydroxylation is 1. The molecule has 0 bridgehead atoms. The van der Waals surface area contributed by atoms with Crippen molar-refractivity contribution < 1.29 is 39.7 Å². The zero-order valence-corrected chi connectivity index (χ0v) is 33.0. The first kappa shape index (κ1) is 40.1. The number of pyridine rings is 1. The molecule has 1 unspecified atom stereocenters. The number of carbonyl (C=O) groups excluding carboxylic acids is 1. The van der Waals surface area contributed by atoms with E-state index in [1.165, 1.54) is 6.26 Å². The van der Waals surface area contributed by atoms with Gasteiger partial charge in [-0.2, -0.15) is 32.1 Å². The van der Waals surface area contributed by atoms with Crippen LogP contribution in [0, 0.1) is 35.3 Å². The number of hydrogen-bond acceptors (Lipinski definition) is 5. The second-order valence-corrected chi connectivity index (χ2v) is 18.9. The van der Waals surface area contributed by atoms with Gasteiger partial charge in [-0.3, -0.25) is 18.4 Å². The maximum absolute atomic E-state index is 15.5. The van der Waals surface area contributed by atoms with Crippen molar-refractivity contribution in [3.63, 3.8) is 0 Å². The first-order valence-corrected chi connectivity index (χ1v) is 21.5. The predicted molar refractivity (Wildman–Crippen MR) is 207 cm³/mol. The summed E-state index contributed by atoms with van der Waals surface area (Å²) < 4.78 is 117. The van der Waals surface area contributed by atoms with Crippen LogP contribution < -0.4 is 0 Å². The number of ketones is 1. The minimum atomic E-state index is -5.02. The van der Waals surface area contributed by atoms with E-state index in [-0.39, 0.29) is 35.8 Å². The molecule has 2 saturated carbocycles. The molecule has 8 rings (SSSR count). The molecule has 0 spiro atoms. The van der Waals surface area contributed by atoms with Gasteiger partial charge in [0.2, 0.25) is 0 Å². The number of benzene rings is 2. The molecular weight excluding hydrogens is 807 g/mol. The topological polar surface area (TPSA) is 82.7 Å². The molecule has 3 aliphatic rings. The first-order valence-electron chi connectivity index (χ1n) is 18.8. The van der Waals surface area contributed by atoms with Crippen LogP contribution in [0.2, 0.25) is 5.02 Å². The Kier molecular flexibility index (Phi) is 10.1. The summed E-state index contributed by atoms with van der Waals surface area (Å²) in [6.45, 7) is -0.907. The van der Waals surface area contributed by atoms with Crippen LogP contribution in [0.4, 0.5) is 30.7 Å². The quantitative estimate of drug-likeness (QED) is 0.0796. The van der Waals surface area contributed by atoms with E-state index in [0.717, 1.165) is 37.8 Å². The van der Waals surface area contributed by atoms with Crippen molar-refractivity contribution in [2.75, 3.05) is 6.26 Å². The Morgan fingerprint density at radius 3 is 2.43 bits per heavy atom. The maximum atomic E-state index is 15.5. The van der Waals surface area contributed by atoms with Crippen LogP contribution in [0.25, 0.3) is 22.0 Å². The Morgan fingerprint density at radius 2 is 1.76 bits per heavy atom. The van der Waals surface area contributed by atoms with E-state index >= 15 is 8.78 Å².